The van der Waals surface area contributed by atoms with Crippen molar-refractivity contribution in [3.8, 4) is 0 Å². The first kappa shape index (κ1) is 20.4. The van der Waals surface area contributed by atoms with Crippen molar-refractivity contribution in [2.45, 2.75) is 39.0 Å². The van der Waals surface area contributed by atoms with Crippen molar-refractivity contribution in [2.24, 2.45) is 5.73 Å². The lowest BCUT2D eigenvalue weighted by Crippen LogP contribution is -2.40. The smallest absolute Gasteiger partial charge is 0.240 e. The van der Waals surface area contributed by atoms with E-state index in [0.717, 1.165) is 38.2 Å². The quantitative estimate of drug-likeness (QED) is 0.739. The molecule has 2 atom stereocenters. The van der Waals surface area contributed by atoms with Crippen molar-refractivity contribution >= 4 is 5.91 Å². The molecule has 3 rings (SSSR count). The molecular weight excluding hydrogens is 358 g/mol. The predicted octanol–water partition coefficient (Wildman–Crippen LogP) is 1.90. The number of benzene rings is 1. The summed E-state index contributed by atoms with van der Waals surface area (Å²) >= 11 is 0. The second kappa shape index (κ2) is 9.77. The van der Waals surface area contributed by atoms with Crippen LogP contribution in [0.3, 0.4) is 0 Å². The molecule has 1 saturated heterocycles. The van der Waals surface area contributed by atoms with E-state index < -0.39 is 6.04 Å². The lowest BCUT2D eigenvalue weighted by atomic mass is 10.0. The van der Waals surface area contributed by atoms with Gasteiger partial charge in [0.2, 0.25) is 11.8 Å². The molecule has 0 radical (unpaired) electrons. The topological polar surface area (TPSA) is 97.7 Å². The molecule has 1 aliphatic rings. The fraction of sp³-hybridized carbons (Fsp3) is 0.550. The molecule has 0 bridgehead atoms. The Morgan fingerprint density at radius 2 is 2.04 bits per heavy atom. The maximum Gasteiger partial charge on any atom is 0.240 e. The third-order valence-corrected chi connectivity index (χ3v) is 5.00. The number of carbonyl (C=O) groups excluding carboxylic acids is 1. The van der Waals surface area contributed by atoms with Crippen molar-refractivity contribution in [3.05, 3.63) is 47.6 Å². The Bertz CT molecular complexity index is 751. The summed E-state index contributed by atoms with van der Waals surface area (Å²) < 4.78 is 10.9. The molecule has 0 aliphatic carbocycles. The lowest BCUT2D eigenvalue weighted by Gasteiger charge is -2.28. The van der Waals surface area contributed by atoms with E-state index in [-0.39, 0.29) is 12.0 Å². The standard InChI is InChI=1S/C20H29N5O3/c1-3-27-15(2)20-22-17(28-23-20)14-24-10-7-11-25(13-12-24)18(19(21)26)16-8-5-4-6-9-16/h4-6,8-9,15,18H,3,7,10-14H2,1-2H3,(H2,21,26). The van der Waals surface area contributed by atoms with E-state index >= 15 is 0 Å². The van der Waals surface area contributed by atoms with Crippen molar-refractivity contribution in [1.29, 1.82) is 0 Å². The fourth-order valence-electron chi connectivity index (χ4n) is 3.61. The molecule has 1 aromatic heterocycles. The number of rotatable bonds is 8. The van der Waals surface area contributed by atoms with Gasteiger partial charge in [-0.3, -0.25) is 14.6 Å². The lowest BCUT2D eigenvalue weighted by molar-refractivity contribution is -0.123. The van der Waals surface area contributed by atoms with Crippen molar-refractivity contribution in [1.82, 2.24) is 19.9 Å². The van der Waals surface area contributed by atoms with E-state index in [2.05, 4.69) is 19.9 Å². The summed E-state index contributed by atoms with van der Waals surface area (Å²) in [7, 11) is 0. The van der Waals surface area contributed by atoms with Crippen LogP contribution in [0.2, 0.25) is 0 Å². The van der Waals surface area contributed by atoms with Crippen molar-refractivity contribution in [3.63, 3.8) is 0 Å². The van der Waals surface area contributed by atoms with Gasteiger partial charge in [0.1, 0.15) is 12.1 Å². The van der Waals surface area contributed by atoms with E-state index in [9.17, 15) is 4.79 Å². The highest BCUT2D eigenvalue weighted by Gasteiger charge is 2.28. The van der Waals surface area contributed by atoms with Crippen LogP contribution in [-0.2, 0) is 16.1 Å². The number of hydrogen-bond acceptors (Lipinski definition) is 7. The minimum Gasteiger partial charge on any atom is -0.371 e. The monoisotopic (exact) mass is 387 g/mol. The van der Waals surface area contributed by atoms with E-state index in [4.69, 9.17) is 15.0 Å². The van der Waals surface area contributed by atoms with Gasteiger partial charge in [-0.2, -0.15) is 4.98 Å². The molecule has 1 aromatic carbocycles. The predicted molar refractivity (Wildman–Crippen MR) is 104 cm³/mol. The number of carbonyl (C=O) groups is 1. The van der Waals surface area contributed by atoms with E-state index in [0.29, 0.717) is 24.9 Å². The minimum atomic E-state index is -0.400. The summed E-state index contributed by atoms with van der Waals surface area (Å²) in [4.78, 5) is 21.0. The van der Waals surface area contributed by atoms with Crippen LogP contribution in [0, 0.1) is 0 Å². The zero-order valence-corrected chi connectivity index (χ0v) is 16.6. The number of hydrogen-bond donors (Lipinski definition) is 1. The van der Waals surface area contributed by atoms with Crippen molar-refractivity contribution < 1.29 is 14.1 Å². The maximum atomic E-state index is 12.1. The van der Waals surface area contributed by atoms with Gasteiger partial charge in [-0.25, -0.2) is 0 Å². The number of nitrogens with zero attached hydrogens (tertiary/aromatic N) is 4. The Balaban J connectivity index is 1.61. The minimum absolute atomic E-state index is 0.177. The Labute approximate surface area is 165 Å². The second-order valence-electron chi connectivity index (χ2n) is 7.03. The Morgan fingerprint density at radius 3 is 2.75 bits per heavy atom. The second-order valence-corrected chi connectivity index (χ2v) is 7.03. The number of amides is 1. The summed E-state index contributed by atoms with van der Waals surface area (Å²) in [5, 5.41) is 4.02. The highest BCUT2D eigenvalue weighted by molar-refractivity contribution is 5.81. The van der Waals surface area contributed by atoms with E-state index in [1.165, 1.54) is 0 Å². The maximum absolute atomic E-state index is 12.1. The van der Waals surface area contributed by atoms with Crippen LogP contribution in [0.1, 0.15) is 49.7 Å². The first-order valence-electron chi connectivity index (χ1n) is 9.83. The highest BCUT2D eigenvalue weighted by atomic mass is 16.5. The first-order valence-corrected chi connectivity index (χ1v) is 9.83. The van der Waals surface area contributed by atoms with E-state index in [1.54, 1.807) is 0 Å². The normalized spacial score (nSPS) is 18.5. The van der Waals surface area contributed by atoms with Crippen LogP contribution in [-0.4, -0.2) is 58.6 Å². The third-order valence-electron chi connectivity index (χ3n) is 5.00. The van der Waals surface area contributed by atoms with Crippen LogP contribution < -0.4 is 5.73 Å². The average Bonchev–Trinajstić information content (AvgIpc) is 3.03. The first-order chi connectivity index (χ1) is 13.6. The molecule has 0 spiro atoms. The van der Waals surface area contributed by atoms with Crippen molar-refractivity contribution in [2.75, 3.05) is 32.8 Å². The fourth-order valence-corrected chi connectivity index (χ4v) is 3.61. The number of ether oxygens (including phenoxy) is 1. The summed E-state index contributed by atoms with van der Waals surface area (Å²) in [5.41, 5.74) is 6.66. The van der Waals surface area contributed by atoms with Crippen LogP contribution in [0.15, 0.2) is 34.9 Å². The summed E-state index contributed by atoms with van der Waals surface area (Å²) in [6.07, 6.45) is 0.761. The summed E-state index contributed by atoms with van der Waals surface area (Å²) in [5.74, 6) is 0.849. The van der Waals surface area contributed by atoms with Gasteiger partial charge in [0, 0.05) is 26.2 Å². The molecule has 152 valence electrons. The Hall–Kier alpha value is -2.29. The molecular formula is C20H29N5O3. The van der Waals surface area contributed by atoms with Gasteiger partial charge in [-0.05, 0) is 32.4 Å². The Morgan fingerprint density at radius 1 is 1.25 bits per heavy atom. The SMILES string of the molecule is CCOC(C)c1noc(CN2CCCN(C(C(N)=O)c3ccccc3)CC2)n1. The molecule has 28 heavy (non-hydrogen) atoms. The third kappa shape index (κ3) is 5.15. The van der Waals surface area contributed by atoms with E-state index in [1.807, 2.05) is 44.2 Å². The van der Waals surface area contributed by atoms with Gasteiger partial charge in [-0.15, -0.1) is 0 Å². The van der Waals surface area contributed by atoms with Gasteiger partial charge in [0.25, 0.3) is 0 Å². The van der Waals surface area contributed by atoms with Crippen LogP contribution in [0.5, 0.6) is 0 Å². The molecule has 1 aliphatic heterocycles. The van der Waals surface area contributed by atoms with Gasteiger partial charge in [0.15, 0.2) is 5.82 Å². The summed E-state index contributed by atoms with van der Waals surface area (Å²) in [6.45, 7) is 8.31. The molecule has 2 heterocycles. The largest absolute Gasteiger partial charge is 0.371 e. The zero-order valence-electron chi connectivity index (χ0n) is 16.6. The van der Waals surface area contributed by atoms with Crippen LogP contribution >= 0.6 is 0 Å². The molecule has 1 amide bonds. The average molecular weight is 387 g/mol. The molecule has 8 nitrogen and oxygen atoms in total. The molecule has 2 unspecified atom stereocenters. The number of nitrogens with two attached hydrogens (primary N) is 1. The Kier molecular flexibility index (Phi) is 7.13. The van der Waals surface area contributed by atoms with Crippen LogP contribution in [0.4, 0.5) is 0 Å². The number of aromatic nitrogens is 2. The summed E-state index contributed by atoms with van der Waals surface area (Å²) in [6, 6.07) is 9.33. The van der Waals surface area contributed by atoms with Gasteiger partial charge >= 0.3 is 0 Å². The molecule has 2 N–H and O–H groups in total. The highest BCUT2D eigenvalue weighted by Crippen LogP contribution is 2.22. The van der Waals surface area contributed by atoms with Crippen LogP contribution in [0.25, 0.3) is 0 Å². The molecule has 8 heteroatoms. The number of primary amides is 1. The van der Waals surface area contributed by atoms with Gasteiger partial charge in [0.05, 0.1) is 6.54 Å². The molecule has 0 saturated carbocycles. The van der Waals surface area contributed by atoms with Gasteiger partial charge in [-0.1, -0.05) is 35.5 Å². The van der Waals surface area contributed by atoms with Gasteiger partial charge < -0.3 is 15.0 Å². The molecule has 2 aromatic rings. The molecule has 1 fully saturated rings. The zero-order chi connectivity index (χ0) is 19.9.